The van der Waals surface area contributed by atoms with Crippen molar-refractivity contribution < 1.29 is 0 Å². The second kappa shape index (κ2) is 6.83. The van der Waals surface area contributed by atoms with Crippen LogP contribution in [0.1, 0.15) is 64.5 Å². The van der Waals surface area contributed by atoms with E-state index in [1.165, 1.54) is 49.0 Å². The number of anilines is 1. The third-order valence-electron chi connectivity index (χ3n) is 4.09. The van der Waals surface area contributed by atoms with E-state index in [-0.39, 0.29) is 5.54 Å². The van der Waals surface area contributed by atoms with E-state index in [2.05, 4.69) is 63.0 Å². The summed E-state index contributed by atoms with van der Waals surface area (Å²) in [6.45, 7) is 13.3. The van der Waals surface area contributed by atoms with Crippen LogP contribution in [0.2, 0.25) is 0 Å². The minimum Gasteiger partial charge on any atom is -0.368 e. The maximum atomic E-state index is 3.65. The fraction of sp³-hybridized carbons (Fsp3) is 0.684. The van der Waals surface area contributed by atoms with Gasteiger partial charge in [0.15, 0.2) is 0 Å². The van der Waals surface area contributed by atoms with Crippen LogP contribution in [-0.2, 0) is 6.54 Å². The van der Waals surface area contributed by atoms with Crippen LogP contribution in [0.5, 0.6) is 0 Å². The van der Waals surface area contributed by atoms with Crippen LogP contribution in [0.4, 0.5) is 5.69 Å². The lowest BCUT2D eigenvalue weighted by molar-refractivity contribution is 0.424. The minimum absolute atomic E-state index is 0.162. The first-order chi connectivity index (χ1) is 9.90. The normalized spacial score (nSPS) is 15.3. The highest BCUT2D eigenvalue weighted by molar-refractivity contribution is 5.56. The van der Waals surface area contributed by atoms with Gasteiger partial charge in [-0.2, -0.15) is 0 Å². The van der Waals surface area contributed by atoms with E-state index in [0.717, 1.165) is 12.6 Å². The summed E-state index contributed by atoms with van der Waals surface area (Å²) < 4.78 is 0. The van der Waals surface area contributed by atoms with Crippen molar-refractivity contribution in [3.63, 3.8) is 0 Å². The Morgan fingerprint density at radius 2 is 1.95 bits per heavy atom. The Hall–Kier alpha value is -1.02. The average Bonchev–Trinajstić information content (AvgIpc) is 3.22. The Labute approximate surface area is 130 Å². The Bertz CT molecular complexity index is 455. The van der Waals surface area contributed by atoms with Gasteiger partial charge < -0.3 is 10.2 Å². The molecule has 1 fully saturated rings. The zero-order chi connectivity index (χ0) is 15.5. The minimum atomic E-state index is 0.162. The van der Waals surface area contributed by atoms with Gasteiger partial charge in [-0.1, -0.05) is 31.0 Å². The number of hydrogen-bond acceptors (Lipinski definition) is 2. The Kier molecular flexibility index (Phi) is 5.32. The van der Waals surface area contributed by atoms with Gasteiger partial charge in [0, 0.05) is 30.4 Å². The molecule has 1 aromatic rings. The molecule has 0 atom stereocenters. The first kappa shape index (κ1) is 16.4. The Morgan fingerprint density at radius 3 is 2.52 bits per heavy atom. The lowest BCUT2D eigenvalue weighted by atomic mass is 10.0. The molecule has 1 aliphatic carbocycles. The summed E-state index contributed by atoms with van der Waals surface area (Å²) in [7, 11) is 0. The van der Waals surface area contributed by atoms with Gasteiger partial charge in [-0.25, -0.2) is 0 Å². The van der Waals surface area contributed by atoms with Crippen molar-refractivity contribution in [2.24, 2.45) is 0 Å². The molecule has 0 spiro atoms. The molecule has 0 aromatic heterocycles. The third-order valence-corrected chi connectivity index (χ3v) is 4.09. The van der Waals surface area contributed by atoms with Crippen molar-refractivity contribution >= 4 is 5.69 Å². The molecule has 118 valence electrons. The predicted octanol–water partition coefficient (Wildman–Crippen LogP) is 4.65. The smallest absolute Gasteiger partial charge is 0.0414 e. The number of aryl methyl sites for hydroxylation is 1. The summed E-state index contributed by atoms with van der Waals surface area (Å²) in [5.74, 6) is 0. The topological polar surface area (TPSA) is 15.3 Å². The molecule has 0 amide bonds. The van der Waals surface area contributed by atoms with Crippen LogP contribution < -0.4 is 10.2 Å². The number of nitrogens with one attached hydrogen (secondary N) is 1. The predicted molar refractivity (Wildman–Crippen MR) is 93.0 cm³/mol. The van der Waals surface area contributed by atoms with Gasteiger partial charge in [-0.15, -0.1) is 0 Å². The molecule has 1 aromatic carbocycles. The first-order valence-electron chi connectivity index (χ1n) is 8.52. The summed E-state index contributed by atoms with van der Waals surface area (Å²) in [5, 5.41) is 3.65. The van der Waals surface area contributed by atoms with E-state index in [9.17, 15) is 0 Å². The molecular formula is C19H32N2. The number of benzene rings is 1. The largest absolute Gasteiger partial charge is 0.368 e. The highest BCUT2D eigenvalue weighted by Gasteiger charge is 2.30. The van der Waals surface area contributed by atoms with Gasteiger partial charge in [0.05, 0.1) is 0 Å². The fourth-order valence-corrected chi connectivity index (χ4v) is 2.71. The number of nitrogens with zero attached hydrogens (tertiary/aromatic N) is 1. The van der Waals surface area contributed by atoms with Crippen LogP contribution in [-0.4, -0.2) is 18.1 Å². The maximum Gasteiger partial charge on any atom is 0.0414 e. The molecule has 0 saturated heterocycles. The Balaban J connectivity index is 2.19. The first-order valence-corrected chi connectivity index (χ1v) is 8.52. The SMILES string of the molecule is CCCCN(c1ccc(C)cc1CNC(C)(C)C)C1CC1. The van der Waals surface area contributed by atoms with Crippen molar-refractivity contribution in [2.45, 2.75) is 78.4 Å². The number of unbranched alkanes of at least 4 members (excludes halogenated alkanes) is 1. The van der Waals surface area contributed by atoms with Crippen LogP contribution in [0.15, 0.2) is 18.2 Å². The molecule has 1 aliphatic rings. The lowest BCUT2D eigenvalue weighted by Gasteiger charge is -2.29. The van der Waals surface area contributed by atoms with Crippen LogP contribution in [0.25, 0.3) is 0 Å². The van der Waals surface area contributed by atoms with E-state index in [1.807, 2.05) is 0 Å². The Morgan fingerprint density at radius 1 is 1.24 bits per heavy atom. The average molecular weight is 288 g/mol. The molecule has 2 heteroatoms. The monoisotopic (exact) mass is 288 g/mol. The molecule has 2 nitrogen and oxygen atoms in total. The molecule has 1 N–H and O–H groups in total. The lowest BCUT2D eigenvalue weighted by Crippen LogP contribution is -2.36. The summed E-state index contributed by atoms with van der Waals surface area (Å²) in [6, 6.07) is 7.74. The summed E-state index contributed by atoms with van der Waals surface area (Å²) in [4.78, 5) is 2.66. The highest BCUT2D eigenvalue weighted by atomic mass is 15.2. The molecule has 0 aliphatic heterocycles. The quantitative estimate of drug-likeness (QED) is 0.785. The van der Waals surface area contributed by atoms with Crippen molar-refractivity contribution in [1.82, 2.24) is 5.32 Å². The summed E-state index contributed by atoms with van der Waals surface area (Å²) >= 11 is 0. The van der Waals surface area contributed by atoms with E-state index < -0.39 is 0 Å². The summed E-state index contributed by atoms with van der Waals surface area (Å²) in [5.41, 5.74) is 4.42. The highest BCUT2D eigenvalue weighted by Crippen LogP contribution is 2.34. The van der Waals surface area contributed by atoms with Crippen LogP contribution in [0, 0.1) is 6.92 Å². The molecule has 0 radical (unpaired) electrons. The molecule has 1 saturated carbocycles. The standard InChI is InChI=1S/C19H32N2/c1-6-7-12-21(17-9-10-17)18-11-8-15(2)13-16(18)14-20-19(3,4)5/h8,11,13,17,20H,6-7,9-10,12,14H2,1-5H3. The number of hydrogen-bond donors (Lipinski definition) is 1. The van der Waals surface area contributed by atoms with E-state index >= 15 is 0 Å². The van der Waals surface area contributed by atoms with Crippen molar-refractivity contribution in [3.8, 4) is 0 Å². The number of rotatable bonds is 7. The molecule has 2 rings (SSSR count). The van der Waals surface area contributed by atoms with Crippen LogP contribution in [0.3, 0.4) is 0 Å². The molecule has 0 heterocycles. The fourth-order valence-electron chi connectivity index (χ4n) is 2.71. The molecule has 0 bridgehead atoms. The van der Waals surface area contributed by atoms with Gasteiger partial charge in [0.1, 0.15) is 0 Å². The zero-order valence-electron chi connectivity index (χ0n) is 14.5. The second-order valence-corrected chi connectivity index (χ2v) is 7.51. The molecular weight excluding hydrogens is 256 g/mol. The third kappa shape index (κ3) is 5.03. The van der Waals surface area contributed by atoms with E-state index in [1.54, 1.807) is 0 Å². The van der Waals surface area contributed by atoms with Crippen molar-refractivity contribution in [2.75, 3.05) is 11.4 Å². The van der Waals surface area contributed by atoms with Gasteiger partial charge >= 0.3 is 0 Å². The van der Waals surface area contributed by atoms with Crippen LogP contribution >= 0.6 is 0 Å². The van der Waals surface area contributed by atoms with E-state index in [0.29, 0.717) is 0 Å². The molecule has 0 unspecified atom stereocenters. The van der Waals surface area contributed by atoms with Gasteiger partial charge in [0.25, 0.3) is 0 Å². The van der Waals surface area contributed by atoms with Crippen molar-refractivity contribution in [3.05, 3.63) is 29.3 Å². The zero-order valence-corrected chi connectivity index (χ0v) is 14.5. The second-order valence-electron chi connectivity index (χ2n) is 7.51. The summed E-state index contributed by atoms with van der Waals surface area (Å²) in [6.07, 6.45) is 5.29. The maximum absolute atomic E-state index is 3.65. The molecule has 21 heavy (non-hydrogen) atoms. The van der Waals surface area contributed by atoms with E-state index in [4.69, 9.17) is 0 Å². The van der Waals surface area contributed by atoms with Crippen molar-refractivity contribution in [1.29, 1.82) is 0 Å². The van der Waals surface area contributed by atoms with Gasteiger partial charge in [-0.05, 0) is 58.6 Å². The van der Waals surface area contributed by atoms with Gasteiger partial charge in [-0.3, -0.25) is 0 Å². The van der Waals surface area contributed by atoms with Gasteiger partial charge in [0.2, 0.25) is 0 Å².